The third-order valence-corrected chi connectivity index (χ3v) is 5.75. The van der Waals surface area contributed by atoms with Gasteiger partial charge in [-0.25, -0.2) is 0 Å². The summed E-state index contributed by atoms with van der Waals surface area (Å²) in [4.78, 5) is 37.3. The summed E-state index contributed by atoms with van der Waals surface area (Å²) < 4.78 is 0. The van der Waals surface area contributed by atoms with Gasteiger partial charge in [0.25, 0.3) is 6.47 Å². The first kappa shape index (κ1) is 24.4. The molecule has 1 unspecified atom stereocenters. The van der Waals surface area contributed by atoms with Gasteiger partial charge in [0, 0.05) is 39.1 Å². The largest absolute Gasteiger partial charge is 0.483 e. The highest BCUT2D eigenvalue weighted by Gasteiger charge is 2.38. The number of carboxylic acid groups (broad SMARTS) is 1. The van der Waals surface area contributed by atoms with Gasteiger partial charge in [0.1, 0.15) is 5.01 Å². The van der Waals surface area contributed by atoms with E-state index in [9.17, 15) is 14.7 Å². The minimum Gasteiger partial charge on any atom is -0.483 e. The van der Waals surface area contributed by atoms with Crippen molar-refractivity contribution in [3.05, 3.63) is 40.9 Å². The second-order valence-corrected chi connectivity index (χ2v) is 8.10. The molecule has 2 N–H and O–H groups in total. The maximum Gasteiger partial charge on any atom is 0.290 e. The van der Waals surface area contributed by atoms with Crippen molar-refractivity contribution >= 4 is 34.8 Å². The number of aliphatic hydroxyl groups excluding tert-OH is 1. The number of hydrogen-bond acceptors (Lipinski definition) is 7. The zero-order valence-electron chi connectivity index (χ0n) is 17.5. The number of aryl methyl sites for hydroxylation is 1. The van der Waals surface area contributed by atoms with Crippen molar-refractivity contribution in [2.75, 3.05) is 24.6 Å². The Balaban J connectivity index is 0.00000107. The first-order valence-corrected chi connectivity index (χ1v) is 11.0. The van der Waals surface area contributed by atoms with Crippen LogP contribution in [0.2, 0.25) is 0 Å². The summed E-state index contributed by atoms with van der Waals surface area (Å²) in [6.07, 6.45) is 2.52. The van der Waals surface area contributed by atoms with Crippen LogP contribution in [0.25, 0.3) is 0 Å². The van der Waals surface area contributed by atoms with Gasteiger partial charge in [0.05, 0.1) is 5.92 Å². The minimum absolute atomic E-state index is 0.0271. The lowest BCUT2D eigenvalue weighted by atomic mass is 10.1. The van der Waals surface area contributed by atoms with Crippen LogP contribution in [0, 0.1) is 5.92 Å². The van der Waals surface area contributed by atoms with E-state index in [4.69, 9.17) is 9.90 Å². The van der Waals surface area contributed by atoms with Gasteiger partial charge in [-0.3, -0.25) is 19.3 Å². The quantitative estimate of drug-likeness (QED) is 0.562. The lowest BCUT2D eigenvalue weighted by Gasteiger charge is -2.25. The van der Waals surface area contributed by atoms with E-state index in [1.807, 2.05) is 30.3 Å². The molecule has 2 heterocycles. The standard InChI is InChI=1S/C20H26N4O3S.CH2O2/c1-2-7-17-21-22-20(28-17)24-14-16(12-18(24)26)19(27)23(10-6-11-25)13-15-8-4-3-5-9-15;2-1-3/h3-5,8-9,16,25H,2,6-7,10-14H2,1H3;1H,(H,2,3). The maximum absolute atomic E-state index is 13.1. The highest BCUT2D eigenvalue weighted by atomic mass is 32.1. The minimum atomic E-state index is -0.395. The summed E-state index contributed by atoms with van der Waals surface area (Å²) >= 11 is 1.42. The fraction of sp³-hybridized carbons (Fsp3) is 0.476. The van der Waals surface area contributed by atoms with Crippen molar-refractivity contribution in [1.82, 2.24) is 15.1 Å². The van der Waals surface area contributed by atoms with Crippen molar-refractivity contribution in [1.29, 1.82) is 0 Å². The van der Waals surface area contributed by atoms with Crippen LogP contribution in [0.1, 0.15) is 36.8 Å². The fourth-order valence-corrected chi connectivity index (χ4v) is 4.28. The number of anilines is 1. The lowest BCUT2D eigenvalue weighted by Crippen LogP contribution is -2.38. The molecule has 31 heavy (non-hydrogen) atoms. The Morgan fingerprint density at radius 3 is 2.68 bits per heavy atom. The average molecular weight is 449 g/mol. The van der Waals surface area contributed by atoms with Crippen LogP contribution in [0.15, 0.2) is 30.3 Å². The molecule has 2 amide bonds. The number of carbonyl (C=O) groups is 3. The summed E-state index contributed by atoms with van der Waals surface area (Å²) in [5.74, 6) is -0.528. The Morgan fingerprint density at radius 1 is 1.32 bits per heavy atom. The summed E-state index contributed by atoms with van der Waals surface area (Å²) in [5, 5.41) is 25.8. The number of benzene rings is 1. The van der Waals surface area contributed by atoms with E-state index in [0.717, 1.165) is 23.4 Å². The van der Waals surface area contributed by atoms with Crippen LogP contribution in [0.5, 0.6) is 0 Å². The molecule has 1 aromatic carbocycles. The number of hydrogen-bond donors (Lipinski definition) is 2. The van der Waals surface area contributed by atoms with Gasteiger partial charge in [0.15, 0.2) is 0 Å². The molecule has 0 saturated carbocycles. The number of rotatable bonds is 9. The SMILES string of the molecule is CCCc1nnc(N2CC(C(=O)N(CCCO)Cc3ccccc3)CC2=O)s1.O=CO. The summed E-state index contributed by atoms with van der Waals surface area (Å²) in [7, 11) is 0. The molecule has 10 heteroatoms. The van der Waals surface area contributed by atoms with Crippen molar-refractivity contribution in [3.8, 4) is 0 Å². The second-order valence-electron chi connectivity index (χ2n) is 7.06. The maximum atomic E-state index is 13.1. The number of aliphatic hydroxyl groups is 1. The fourth-order valence-electron chi connectivity index (χ4n) is 3.32. The zero-order chi connectivity index (χ0) is 22.6. The monoisotopic (exact) mass is 448 g/mol. The highest BCUT2D eigenvalue weighted by Crippen LogP contribution is 2.29. The Morgan fingerprint density at radius 2 is 2.03 bits per heavy atom. The van der Waals surface area contributed by atoms with Crippen LogP contribution < -0.4 is 4.90 Å². The number of carbonyl (C=O) groups excluding carboxylic acids is 2. The lowest BCUT2D eigenvalue weighted by molar-refractivity contribution is -0.136. The summed E-state index contributed by atoms with van der Waals surface area (Å²) in [6.45, 7) is 3.13. The molecule has 0 spiro atoms. The molecule has 1 atom stereocenters. The number of amides is 2. The van der Waals surface area contributed by atoms with E-state index in [2.05, 4.69) is 17.1 Å². The van der Waals surface area contributed by atoms with Gasteiger partial charge < -0.3 is 15.1 Å². The Bertz CT molecular complexity index is 845. The van der Waals surface area contributed by atoms with E-state index in [1.54, 1.807) is 9.80 Å². The van der Waals surface area contributed by atoms with E-state index >= 15 is 0 Å². The Labute approximate surface area is 185 Å². The van der Waals surface area contributed by atoms with E-state index in [-0.39, 0.29) is 31.3 Å². The molecule has 0 aliphatic carbocycles. The summed E-state index contributed by atoms with van der Waals surface area (Å²) in [6, 6.07) is 9.76. The van der Waals surface area contributed by atoms with Gasteiger partial charge in [0.2, 0.25) is 16.9 Å². The first-order chi connectivity index (χ1) is 15.0. The molecular formula is C21H28N4O5S. The smallest absolute Gasteiger partial charge is 0.290 e. The molecule has 9 nitrogen and oxygen atoms in total. The molecule has 168 valence electrons. The van der Waals surface area contributed by atoms with Crippen molar-refractivity contribution in [3.63, 3.8) is 0 Å². The van der Waals surface area contributed by atoms with E-state index < -0.39 is 5.92 Å². The highest BCUT2D eigenvalue weighted by molar-refractivity contribution is 7.15. The predicted molar refractivity (Wildman–Crippen MR) is 117 cm³/mol. The molecule has 0 bridgehead atoms. The van der Waals surface area contributed by atoms with Crippen LogP contribution in [0.3, 0.4) is 0 Å². The van der Waals surface area contributed by atoms with Crippen molar-refractivity contribution < 1.29 is 24.6 Å². The molecule has 1 saturated heterocycles. The molecule has 2 aromatic rings. The molecule has 1 aliphatic rings. The molecule has 0 radical (unpaired) electrons. The normalized spacial score (nSPS) is 15.4. The zero-order valence-corrected chi connectivity index (χ0v) is 18.3. The van der Waals surface area contributed by atoms with Gasteiger partial charge in [-0.15, -0.1) is 10.2 Å². The molecule has 1 aliphatic heterocycles. The van der Waals surface area contributed by atoms with Gasteiger partial charge in [-0.2, -0.15) is 0 Å². The van der Waals surface area contributed by atoms with Crippen LogP contribution in [-0.4, -0.2) is 63.3 Å². The first-order valence-electron chi connectivity index (χ1n) is 10.2. The molecule has 1 aromatic heterocycles. The van der Waals surface area contributed by atoms with Crippen molar-refractivity contribution in [2.45, 2.75) is 39.2 Å². The van der Waals surface area contributed by atoms with Crippen LogP contribution >= 0.6 is 11.3 Å². The number of nitrogens with zero attached hydrogens (tertiary/aromatic N) is 4. The van der Waals surface area contributed by atoms with Gasteiger partial charge in [-0.05, 0) is 18.4 Å². The third-order valence-electron chi connectivity index (χ3n) is 4.74. The molecule has 3 rings (SSSR count). The van der Waals surface area contributed by atoms with Gasteiger partial charge in [-0.1, -0.05) is 48.6 Å². The second kappa shape index (κ2) is 12.8. The molecular weight excluding hydrogens is 420 g/mol. The van der Waals surface area contributed by atoms with Crippen molar-refractivity contribution in [2.24, 2.45) is 5.92 Å². The Kier molecular flexibility index (Phi) is 10.0. The predicted octanol–water partition coefficient (Wildman–Crippen LogP) is 1.96. The van der Waals surface area contributed by atoms with E-state index in [0.29, 0.717) is 31.2 Å². The Hall–Kier alpha value is -2.85. The molecule has 1 fully saturated rings. The van der Waals surface area contributed by atoms with E-state index in [1.165, 1.54) is 11.3 Å². The van der Waals surface area contributed by atoms with Crippen LogP contribution in [0.4, 0.5) is 5.13 Å². The van der Waals surface area contributed by atoms with Crippen LogP contribution in [-0.2, 0) is 27.3 Å². The van der Waals surface area contributed by atoms with Gasteiger partial charge >= 0.3 is 0 Å². The topological polar surface area (TPSA) is 124 Å². The number of aromatic nitrogens is 2. The third kappa shape index (κ3) is 7.11. The summed E-state index contributed by atoms with van der Waals surface area (Å²) in [5.41, 5.74) is 1.03. The average Bonchev–Trinajstić information content (AvgIpc) is 3.38.